The van der Waals surface area contributed by atoms with E-state index in [4.69, 9.17) is 10.5 Å². The molecule has 0 unspecified atom stereocenters. The number of hydrogen-bond acceptors (Lipinski definition) is 3. The van der Waals surface area contributed by atoms with Crippen molar-refractivity contribution in [2.75, 3.05) is 6.61 Å². The summed E-state index contributed by atoms with van der Waals surface area (Å²) in [6.07, 6.45) is -5.91. The smallest absolute Gasteiger partial charge is 0.419 e. The molecule has 7 heteroatoms. The van der Waals surface area contributed by atoms with Crippen molar-refractivity contribution in [3.63, 3.8) is 0 Å². The lowest BCUT2D eigenvalue weighted by Gasteiger charge is -2.28. The molecule has 0 amide bonds. The summed E-state index contributed by atoms with van der Waals surface area (Å²) in [5, 5.41) is 9.36. The second-order valence-electron chi connectivity index (χ2n) is 3.77. The molecule has 2 rings (SSSR count). The van der Waals surface area contributed by atoms with Gasteiger partial charge in [-0.1, -0.05) is 0 Å². The number of ether oxygens (including phenoxy) is 1. The van der Waals surface area contributed by atoms with Gasteiger partial charge in [0.25, 0.3) is 0 Å². The minimum absolute atomic E-state index is 0.0440. The topological polar surface area (TPSA) is 55.5 Å². The summed E-state index contributed by atoms with van der Waals surface area (Å²) in [7, 11) is 0. The average molecular weight is 251 g/mol. The number of rotatable bonds is 0. The van der Waals surface area contributed by atoms with E-state index >= 15 is 0 Å². The second kappa shape index (κ2) is 3.85. The quantitative estimate of drug-likeness (QED) is 0.688. The first-order valence-electron chi connectivity index (χ1n) is 4.78. The molecule has 0 aliphatic carbocycles. The van der Waals surface area contributed by atoms with Crippen LogP contribution in [0, 0.1) is 5.82 Å². The summed E-state index contributed by atoms with van der Waals surface area (Å²) in [6, 6.07) is 0.210. The lowest BCUT2D eigenvalue weighted by molar-refractivity contribution is -0.140. The summed E-state index contributed by atoms with van der Waals surface area (Å²) in [5.41, 5.74) is 4.08. The van der Waals surface area contributed by atoms with E-state index in [1.807, 2.05) is 0 Å². The van der Waals surface area contributed by atoms with Gasteiger partial charge in [-0.25, -0.2) is 4.39 Å². The predicted molar refractivity (Wildman–Crippen MR) is 49.8 cm³/mol. The fraction of sp³-hybridized carbons (Fsp3) is 0.400. The first-order chi connectivity index (χ1) is 7.80. The zero-order valence-electron chi connectivity index (χ0n) is 8.46. The standard InChI is InChI=1S/C10H9F4NO2/c11-6-2-8-4(1-5(6)10(12,13)14)9(15)7(16)3-17-8/h1-2,7,9,16H,3,15H2/t7-,9+/m0/s1. The Labute approximate surface area is 93.8 Å². The van der Waals surface area contributed by atoms with Crippen molar-refractivity contribution in [1.82, 2.24) is 0 Å². The van der Waals surface area contributed by atoms with Crippen LogP contribution in [0.5, 0.6) is 5.75 Å². The molecule has 1 aromatic rings. The number of fused-ring (bicyclic) bond motifs is 1. The van der Waals surface area contributed by atoms with Crippen molar-refractivity contribution in [2.45, 2.75) is 18.3 Å². The largest absolute Gasteiger partial charge is 0.490 e. The van der Waals surface area contributed by atoms with Crippen molar-refractivity contribution in [3.05, 3.63) is 29.1 Å². The molecule has 0 spiro atoms. The Hall–Kier alpha value is -1.34. The Balaban J connectivity index is 2.54. The number of aliphatic hydroxyl groups is 1. The fourth-order valence-electron chi connectivity index (χ4n) is 1.66. The van der Waals surface area contributed by atoms with Crippen LogP contribution in [0.15, 0.2) is 12.1 Å². The lowest BCUT2D eigenvalue weighted by Crippen LogP contribution is -2.36. The van der Waals surface area contributed by atoms with E-state index in [1.165, 1.54) is 0 Å². The highest BCUT2D eigenvalue weighted by molar-refractivity contribution is 5.43. The first kappa shape index (κ1) is 12.1. The van der Waals surface area contributed by atoms with E-state index < -0.39 is 29.7 Å². The number of halogens is 4. The summed E-state index contributed by atoms with van der Waals surface area (Å²) in [4.78, 5) is 0. The highest BCUT2D eigenvalue weighted by atomic mass is 19.4. The van der Waals surface area contributed by atoms with E-state index in [1.54, 1.807) is 0 Å². The number of alkyl halides is 3. The molecule has 17 heavy (non-hydrogen) atoms. The van der Waals surface area contributed by atoms with E-state index in [0.29, 0.717) is 12.1 Å². The summed E-state index contributed by atoms with van der Waals surface area (Å²) in [6.45, 7) is -0.168. The van der Waals surface area contributed by atoms with Gasteiger partial charge in [0.05, 0.1) is 11.6 Å². The molecule has 0 saturated heterocycles. The zero-order chi connectivity index (χ0) is 12.8. The molecule has 1 aromatic carbocycles. The van der Waals surface area contributed by atoms with Crippen molar-refractivity contribution >= 4 is 0 Å². The van der Waals surface area contributed by atoms with Gasteiger partial charge in [0.15, 0.2) is 0 Å². The average Bonchev–Trinajstić information content (AvgIpc) is 2.21. The third kappa shape index (κ3) is 2.07. The molecule has 1 aliphatic rings. The summed E-state index contributed by atoms with van der Waals surface area (Å²) < 4.78 is 55.5. The molecule has 0 saturated carbocycles. The summed E-state index contributed by atoms with van der Waals surface area (Å²) in [5.74, 6) is -1.48. The third-order valence-corrected chi connectivity index (χ3v) is 2.59. The highest BCUT2D eigenvalue weighted by Gasteiger charge is 2.37. The van der Waals surface area contributed by atoms with Crippen molar-refractivity contribution < 1.29 is 27.4 Å². The van der Waals surface area contributed by atoms with Crippen molar-refractivity contribution in [2.24, 2.45) is 5.73 Å². The van der Waals surface area contributed by atoms with Gasteiger partial charge in [-0.2, -0.15) is 13.2 Å². The molecule has 0 radical (unpaired) electrons. The van der Waals surface area contributed by atoms with Gasteiger partial charge >= 0.3 is 6.18 Å². The number of hydrogen-bond donors (Lipinski definition) is 2. The van der Waals surface area contributed by atoms with Gasteiger partial charge in [0.2, 0.25) is 0 Å². The van der Waals surface area contributed by atoms with Crippen LogP contribution in [0.1, 0.15) is 17.2 Å². The van der Waals surface area contributed by atoms with E-state index in [0.717, 1.165) is 0 Å². The maximum absolute atomic E-state index is 13.2. The monoisotopic (exact) mass is 251 g/mol. The SMILES string of the molecule is N[C@@H]1c2cc(C(F)(F)F)c(F)cc2OC[C@@H]1O. The molecule has 3 N–H and O–H groups in total. The van der Waals surface area contributed by atoms with Gasteiger partial charge in [-0.15, -0.1) is 0 Å². The minimum Gasteiger partial charge on any atom is -0.490 e. The van der Waals surface area contributed by atoms with E-state index in [9.17, 15) is 22.7 Å². The van der Waals surface area contributed by atoms with Crippen LogP contribution in [-0.4, -0.2) is 17.8 Å². The maximum Gasteiger partial charge on any atom is 0.419 e. The lowest BCUT2D eigenvalue weighted by atomic mass is 9.96. The molecule has 0 fully saturated rings. The Bertz CT molecular complexity index is 447. The number of aliphatic hydroxyl groups excluding tert-OH is 1. The Morgan fingerprint density at radius 1 is 1.35 bits per heavy atom. The Morgan fingerprint density at radius 2 is 2.00 bits per heavy atom. The molecule has 94 valence electrons. The molecule has 1 heterocycles. The molecule has 1 aliphatic heterocycles. The number of nitrogens with two attached hydrogens (primary N) is 1. The number of benzene rings is 1. The van der Waals surface area contributed by atoms with Crippen LogP contribution in [0.25, 0.3) is 0 Å². The zero-order valence-corrected chi connectivity index (χ0v) is 8.46. The molecule has 2 atom stereocenters. The molecule has 0 bridgehead atoms. The van der Waals surface area contributed by atoms with Crippen LogP contribution in [-0.2, 0) is 6.18 Å². The first-order valence-corrected chi connectivity index (χ1v) is 4.78. The van der Waals surface area contributed by atoms with Crippen LogP contribution in [0.4, 0.5) is 17.6 Å². The maximum atomic E-state index is 13.2. The van der Waals surface area contributed by atoms with E-state index in [-0.39, 0.29) is 17.9 Å². The van der Waals surface area contributed by atoms with E-state index in [2.05, 4.69) is 0 Å². The van der Waals surface area contributed by atoms with Crippen LogP contribution < -0.4 is 10.5 Å². The van der Waals surface area contributed by atoms with Gasteiger partial charge in [0, 0.05) is 11.6 Å². The Morgan fingerprint density at radius 3 is 2.59 bits per heavy atom. The third-order valence-electron chi connectivity index (χ3n) is 2.59. The van der Waals surface area contributed by atoms with Crippen molar-refractivity contribution in [3.8, 4) is 5.75 Å². The Kier molecular flexibility index (Phi) is 2.75. The van der Waals surface area contributed by atoms with Gasteiger partial charge in [-0.3, -0.25) is 0 Å². The van der Waals surface area contributed by atoms with Crippen LogP contribution in [0.2, 0.25) is 0 Å². The predicted octanol–water partition coefficient (Wildman–Crippen LogP) is 1.60. The molecule has 0 aromatic heterocycles. The molecular weight excluding hydrogens is 242 g/mol. The normalized spacial score (nSPS) is 24.1. The molecular formula is C10H9F4NO2. The van der Waals surface area contributed by atoms with Crippen LogP contribution >= 0.6 is 0 Å². The van der Waals surface area contributed by atoms with Gasteiger partial charge in [-0.05, 0) is 6.07 Å². The fourth-order valence-corrected chi connectivity index (χ4v) is 1.66. The van der Waals surface area contributed by atoms with Crippen LogP contribution in [0.3, 0.4) is 0 Å². The molecule has 3 nitrogen and oxygen atoms in total. The van der Waals surface area contributed by atoms with Gasteiger partial charge in [0.1, 0.15) is 24.3 Å². The second-order valence-corrected chi connectivity index (χ2v) is 3.77. The highest BCUT2D eigenvalue weighted by Crippen LogP contribution is 2.38. The van der Waals surface area contributed by atoms with Gasteiger partial charge < -0.3 is 15.6 Å². The summed E-state index contributed by atoms with van der Waals surface area (Å²) >= 11 is 0. The minimum atomic E-state index is -4.80. The van der Waals surface area contributed by atoms with Crippen molar-refractivity contribution in [1.29, 1.82) is 0 Å².